The molecule has 0 saturated heterocycles. The van der Waals surface area contributed by atoms with Crippen molar-refractivity contribution < 1.29 is 19.1 Å². The number of ether oxygens (including phenoxy) is 2. The summed E-state index contributed by atoms with van der Waals surface area (Å²) in [6, 6.07) is 6.64. The maximum atomic E-state index is 11.4. The quantitative estimate of drug-likeness (QED) is 0.458. The van der Waals surface area contributed by atoms with Gasteiger partial charge in [-0.2, -0.15) is 0 Å². The van der Waals surface area contributed by atoms with Crippen molar-refractivity contribution in [3.8, 4) is 5.75 Å². The number of ketones is 1. The number of Topliss-reactive ketones (excluding diaryl/α,β-unsaturated/α-hetero) is 1. The van der Waals surface area contributed by atoms with Crippen molar-refractivity contribution in [2.75, 3.05) is 14.2 Å². The van der Waals surface area contributed by atoms with Crippen LogP contribution in [-0.2, 0) is 14.3 Å². The summed E-state index contributed by atoms with van der Waals surface area (Å²) in [5.74, 6) is -1.18. The minimum Gasteiger partial charge on any atom is -0.497 e. The van der Waals surface area contributed by atoms with Gasteiger partial charge in [-0.15, -0.1) is 11.6 Å². The molecule has 0 aliphatic carbocycles. The van der Waals surface area contributed by atoms with Crippen LogP contribution in [0, 0.1) is 0 Å². The predicted octanol–water partition coefficient (Wildman–Crippen LogP) is 1.72. The highest BCUT2D eigenvalue weighted by molar-refractivity contribution is 6.47. The molecule has 0 aliphatic rings. The highest BCUT2D eigenvalue weighted by Gasteiger charge is 2.25. The average Bonchev–Trinajstić information content (AvgIpc) is 2.36. The van der Waals surface area contributed by atoms with Crippen molar-refractivity contribution in [3.63, 3.8) is 0 Å². The third-order valence-electron chi connectivity index (χ3n) is 2.00. The first-order valence-electron chi connectivity index (χ1n) is 4.50. The zero-order valence-corrected chi connectivity index (χ0v) is 9.65. The Morgan fingerprint density at radius 3 is 2.56 bits per heavy atom. The first-order chi connectivity index (χ1) is 7.60. The maximum Gasteiger partial charge on any atom is 0.376 e. The molecule has 0 radical (unpaired) electrons. The Labute approximate surface area is 98.1 Å². The van der Waals surface area contributed by atoms with Crippen LogP contribution in [0.4, 0.5) is 0 Å². The van der Waals surface area contributed by atoms with Crippen LogP contribution in [0.2, 0.25) is 0 Å². The minimum atomic E-state index is -1.05. The summed E-state index contributed by atoms with van der Waals surface area (Å²) in [6.45, 7) is 0. The fourth-order valence-electron chi connectivity index (χ4n) is 1.15. The summed E-state index contributed by atoms with van der Waals surface area (Å²) in [4.78, 5) is 22.4. The molecule has 0 aromatic heterocycles. The number of halogens is 1. The number of carbonyl (C=O) groups is 2. The van der Waals surface area contributed by atoms with E-state index in [1.165, 1.54) is 7.11 Å². The van der Waals surface area contributed by atoms with Gasteiger partial charge in [-0.05, 0) is 17.7 Å². The number of hydrogen-bond acceptors (Lipinski definition) is 4. The lowest BCUT2D eigenvalue weighted by Gasteiger charge is -2.08. The first-order valence-corrected chi connectivity index (χ1v) is 4.94. The fourth-order valence-corrected chi connectivity index (χ4v) is 1.38. The molecule has 0 amide bonds. The number of rotatable bonds is 4. The van der Waals surface area contributed by atoms with E-state index in [-0.39, 0.29) is 0 Å². The molecular formula is C11H11ClO4. The van der Waals surface area contributed by atoms with E-state index in [9.17, 15) is 9.59 Å². The second-order valence-electron chi connectivity index (χ2n) is 3.00. The molecule has 86 valence electrons. The van der Waals surface area contributed by atoms with E-state index in [4.69, 9.17) is 16.3 Å². The van der Waals surface area contributed by atoms with Gasteiger partial charge < -0.3 is 9.47 Å². The van der Waals surface area contributed by atoms with Crippen molar-refractivity contribution in [2.24, 2.45) is 0 Å². The molecule has 1 aromatic rings. The average molecular weight is 243 g/mol. The van der Waals surface area contributed by atoms with Gasteiger partial charge in [0.15, 0.2) is 0 Å². The first kappa shape index (κ1) is 12.5. The third kappa shape index (κ3) is 2.73. The second kappa shape index (κ2) is 5.51. The van der Waals surface area contributed by atoms with Crippen LogP contribution in [0.5, 0.6) is 5.75 Å². The molecule has 1 atom stereocenters. The Morgan fingerprint density at radius 1 is 1.31 bits per heavy atom. The highest BCUT2D eigenvalue weighted by Crippen LogP contribution is 2.25. The summed E-state index contributed by atoms with van der Waals surface area (Å²) < 4.78 is 9.29. The maximum absolute atomic E-state index is 11.4. The molecule has 0 bridgehead atoms. The summed E-state index contributed by atoms with van der Waals surface area (Å²) >= 11 is 5.85. The van der Waals surface area contributed by atoms with Gasteiger partial charge in [0, 0.05) is 0 Å². The molecule has 1 rings (SSSR count). The van der Waals surface area contributed by atoms with E-state index in [1.54, 1.807) is 24.3 Å². The van der Waals surface area contributed by atoms with Gasteiger partial charge in [0.05, 0.1) is 14.2 Å². The smallest absolute Gasteiger partial charge is 0.376 e. The van der Waals surface area contributed by atoms with Gasteiger partial charge in [0.1, 0.15) is 11.1 Å². The van der Waals surface area contributed by atoms with E-state index >= 15 is 0 Å². The van der Waals surface area contributed by atoms with Crippen LogP contribution in [0.15, 0.2) is 24.3 Å². The number of methoxy groups -OCH3 is 2. The SMILES string of the molecule is COC(=O)C(=O)[C@H](Cl)c1cccc(OC)c1. The normalized spacial score (nSPS) is 11.7. The van der Waals surface area contributed by atoms with Crippen molar-refractivity contribution >= 4 is 23.4 Å². The molecule has 0 fully saturated rings. The van der Waals surface area contributed by atoms with Crippen molar-refractivity contribution in [2.45, 2.75) is 5.38 Å². The Morgan fingerprint density at radius 2 is 2.00 bits per heavy atom. The molecule has 0 unspecified atom stereocenters. The molecule has 4 nitrogen and oxygen atoms in total. The van der Waals surface area contributed by atoms with Gasteiger partial charge in [-0.1, -0.05) is 12.1 Å². The lowest BCUT2D eigenvalue weighted by atomic mass is 10.1. The number of hydrogen-bond donors (Lipinski definition) is 0. The van der Waals surface area contributed by atoms with Crippen LogP contribution in [0.1, 0.15) is 10.9 Å². The van der Waals surface area contributed by atoms with E-state index in [1.807, 2.05) is 0 Å². The minimum absolute atomic E-state index is 0.497. The van der Waals surface area contributed by atoms with Crippen LogP contribution in [0.25, 0.3) is 0 Å². The molecule has 1 aromatic carbocycles. The van der Waals surface area contributed by atoms with Crippen molar-refractivity contribution in [1.82, 2.24) is 0 Å². The molecule has 16 heavy (non-hydrogen) atoms. The molecule has 0 aliphatic heterocycles. The third-order valence-corrected chi connectivity index (χ3v) is 2.45. The molecule has 5 heteroatoms. The van der Waals surface area contributed by atoms with Gasteiger partial charge in [0.25, 0.3) is 5.78 Å². The number of esters is 1. The Hall–Kier alpha value is -1.55. The Bertz CT molecular complexity index is 403. The predicted molar refractivity (Wildman–Crippen MR) is 58.6 cm³/mol. The van der Waals surface area contributed by atoms with Crippen molar-refractivity contribution in [1.29, 1.82) is 0 Å². The van der Waals surface area contributed by atoms with Crippen molar-refractivity contribution in [3.05, 3.63) is 29.8 Å². The molecule has 0 spiro atoms. The molecule has 0 saturated carbocycles. The van der Waals surface area contributed by atoms with Crippen LogP contribution in [0.3, 0.4) is 0 Å². The van der Waals surface area contributed by atoms with Crippen LogP contribution < -0.4 is 4.74 Å². The van der Waals surface area contributed by atoms with E-state index in [0.29, 0.717) is 11.3 Å². The summed E-state index contributed by atoms with van der Waals surface area (Å²) in [5.41, 5.74) is 0.497. The van der Waals surface area contributed by atoms with Gasteiger partial charge in [-0.25, -0.2) is 4.79 Å². The zero-order chi connectivity index (χ0) is 12.1. The van der Waals surface area contributed by atoms with Gasteiger partial charge >= 0.3 is 5.97 Å². The zero-order valence-electron chi connectivity index (χ0n) is 8.90. The molecule has 0 N–H and O–H groups in total. The van der Waals surface area contributed by atoms with Crippen LogP contribution >= 0.6 is 11.6 Å². The lowest BCUT2D eigenvalue weighted by Crippen LogP contribution is -2.20. The number of alkyl halides is 1. The van der Waals surface area contributed by atoms with Gasteiger partial charge in [-0.3, -0.25) is 4.79 Å². The van der Waals surface area contributed by atoms with Crippen LogP contribution in [-0.4, -0.2) is 26.0 Å². The standard InChI is InChI=1S/C11H11ClO4/c1-15-8-5-3-4-7(6-8)9(12)10(13)11(14)16-2/h3-6,9H,1-2H3/t9-/m1/s1. The molecule has 0 heterocycles. The number of benzene rings is 1. The summed E-state index contributed by atoms with van der Waals surface area (Å²) in [5, 5.41) is -1.05. The Balaban J connectivity index is 2.91. The Kier molecular flexibility index (Phi) is 4.31. The van der Waals surface area contributed by atoms with E-state index < -0.39 is 17.1 Å². The summed E-state index contributed by atoms with van der Waals surface area (Å²) in [6.07, 6.45) is 0. The number of carbonyl (C=O) groups excluding carboxylic acids is 2. The lowest BCUT2D eigenvalue weighted by molar-refractivity contribution is -0.151. The van der Waals surface area contributed by atoms with E-state index in [2.05, 4.69) is 4.74 Å². The second-order valence-corrected chi connectivity index (χ2v) is 3.43. The van der Waals surface area contributed by atoms with Gasteiger partial charge in [0.2, 0.25) is 0 Å². The molecular weight excluding hydrogens is 232 g/mol. The highest BCUT2D eigenvalue weighted by atomic mass is 35.5. The summed E-state index contributed by atoms with van der Waals surface area (Å²) in [7, 11) is 2.64. The topological polar surface area (TPSA) is 52.6 Å². The van der Waals surface area contributed by atoms with E-state index in [0.717, 1.165) is 7.11 Å². The monoisotopic (exact) mass is 242 g/mol. The largest absolute Gasteiger partial charge is 0.497 e. The fraction of sp³-hybridized carbons (Fsp3) is 0.273.